The van der Waals surface area contributed by atoms with Crippen molar-refractivity contribution in [2.24, 2.45) is 0 Å². The monoisotopic (exact) mass is 331 g/mol. The summed E-state index contributed by atoms with van der Waals surface area (Å²) in [5.41, 5.74) is 1.30. The van der Waals surface area contributed by atoms with Gasteiger partial charge in [0.1, 0.15) is 17.6 Å². The number of ether oxygens (including phenoxy) is 1. The van der Waals surface area contributed by atoms with Crippen molar-refractivity contribution in [3.05, 3.63) is 65.5 Å². The number of hydrogen-bond acceptors (Lipinski definition) is 3. The summed E-state index contributed by atoms with van der Waals surface area (Å²) in [7, 11) is 1.50. The second-order valence-electron chi connectivity index (χ2n) is 5.28. The number of halogens is 1. The molecular weight excluding hydrogens is 313 g/mol. The van der Waals surface area contributed by atoms with Crippen LogP contribution in [0, 0.1) is 5.82 Å². The third-order valence-electron chi connectivity index (χ3n) is 3.53. The minimum atomic E-state index is -1.13. The van der Waals surface area contributed by atoms with Crippen molar-refractivity contribution in [3.63, 3.8) is 0 Å². The van der Waals surface area contributed by atoms with Gasteiger partial charge >= 0.3 is 5.97 Å². The smallest absolute Gasteiger partial charge is 0.326 e. The van der Waals surface area contributed by atoms with Crippen molar-refractivity contribution >= 4 is 11.9 Å². The molecule has 0 unspecified atom stereocenters. The van der Waals surface area contributed by atoms with Gasteiger partial charge in [0.25, 0.3) is 0 Å². The van der Waals surface area contributed by atoms with Gasteiger partial charge in [-0.05, 0) is 29.3 Å². The van der Waals surface area contributed by atoms with E-state index >= 15 is 0 Å². The Morgan fingerprint density at radius 2 is 1.83 bits per heavy atom. The summed E-state index contributed by atoms with van der Waals surface area (Å²) in [5.74, 6) is -1.40. The lowest BCUT2D eigenvalue weighted by Gasteiger charge is -2.16. The number of methoxy groups -OCH3 is 1. The summed E-state index contributed by atoms with van der Waals surface area (Å²) in [6.45, 7) is 0. The molecule has 2 aromatic rings. The largest absolute Gasteiger partial charge is 0.496 e. The lowest BCUT2D eigenvalue weighted by atomic mass is 10.0. The molecule has 0 aliphatic rings. The molecule has 0 bridgehead atoms. The highest BCUT2D eigenvalue weighted by Gasteiger charge is 2.22. The molecule has 0 fully saturated rings. The van der Waals surface area contributed by atoms with Gasteiger partial charge < -0.3 is 15.2 Å². The first-order valence-corrected chi connectivity index (χ1v) is 7.38. The van der Waals surface area contributed by atoms with E-state index in [1.165, 1.54) is 31.4 Å². The number of carbonyl (C=O) groups excluding carboxylic acids is 1. The fourth-order valence-electron chi connectivity index (χ4n) is 2.32. The number of rotatable bonds is 7. The number of aliphatic carboxylic acids is 1. The molecular formula is C18H18FNO4. The third kappa shape index (κ3) is 4.81. The number of carboxylic acid groups (broad SMARTS) is 1. The van der Waals surface area contributed by atoms with Gasteiger partial charge in [-0.2, -0.15) is 0 Å². The van der Waals surface area contributed by atoms with Gasteiger partial charge in [0.05, 0.1) is 13.5 Å². The second kappa shape index (κ2) is 8.10. The average molecular weight is 331 g/mol. The first-order valence-electron chi connectivity index (χ1n) is 7.38. The van der Waals surface area contributed by atoms with Gasteiger partial charge in [-0.15, -0.1) is 0 Å². The molecule has 5 nitrogen and oxygen atoms in total. The minimum absolute atomic E-state index is 0.0179. The lowest BCUT2D eigenvalue weighted by Crippen LogP contribution is -2.43. The molecule has 0 aromatic heterocycles. The van der Waals surface area contributed by atoms with Gasteiger partial charge in [-0.25, -0.2) is 9.18 Å². The predicted molar refractivity (Wildman–Crippen MR) is 86.4 cm³/mol. The minimum Gasteiger partial charge on any atom is -0.496 e. The number of carboxylic acids is 1. The summed E-state index contributed by atoms with van der Waals surface area (Å²) in [6, 6.07) is 11.5. The number of carbonyl (C=O) groups is 2. The van der Waals surface area contributed by atoms with Crippen molar-refractivity contribution in [2.45, 2.75) is 18.9 Å². The standard InChI is InChI=1S/C18H18FNO4/c1-24-16-5-3-2-4-13(16)11-15(18(22)23)20-17(21)10-12-6-8-14(19)9-7-12/h2-9,15H,10-11H2,1H3,(H,20,21)(H,22,23)/t15-/m1/s1. The first kappa shape index (κ1) is 17.5. The Hall–Kier alpha value is -2.89. The highest BCUT2D eigenvalue weighted by atomic mass is 19.1. The zero-order valence-corrected chi connectivity index (χ0v) is 13.2. The second-order valence-corrected chi connectivity index (χ2v) is 5.28. The maximum Gasteiger partial charge on any atom is 0.326 e. The van der Waals surface area contributed by atoms with Gasteiger partial charge in [0, 0.05) is 6.42 Å². The van der Waals surface area contributed by atoms with E-state index in [1.54, 1.807) is 24.3 Å². The topological polar surface area (TPSA) is 75.6 Å². The van der Waals surface area contributed by atoms with Crippen LogP contribution >= 0.6 is 0 Å². The molecule has 0 saturated carbocycles. The van der Waals surface area contributed by atoms with Crippen LogP contribution in [-0.2, 0) is 22.4 Å². The summed E-state index contributed by atoms with van der Waals surface area (Å²) in [6.07, 6.45) is 0.0878. The Balaban J connectivity index is 2.04. The van der Waals surface area contributed by atoms with E-state index in [1.807, 2.05) is 0 Å². The molecule has 0 aliphatic carbocycles. The Morgan fingerprint density at radius 3 is 2.46 bits per heavy atom. The number of para-hydroxylation sites is 1. The van der Waals surface area contributed by atoms with Crippen LogP contribution in [0.3, 0.4) is 0 Å². The Bertz CT molecular complexity index is 715. The SMILES string of the molecule is COc1ccccc1C[C@@H](NC(=O)Cc1ccc(F)cc1)C(=O)O. The van der Waals surface area contributed by atoms with E-state index in [9.17, 15) is 19.1 Å². The lowest BCUT2D eigenvalue weighted by molar-refractivity contribution is -0.141. The molecule has 24 heavy (non-hydrogen) atoms. The van der Waals surface area contributed by atoms with Crippen LogP contribution in [0.15, 0.2) is 48.5 Å². The molecule has 0 spiro atoms. The normalized spacial score (nSPS) is 11.6. The van der Waals surface area contributed by atoms with Crippen LogP contribution < -0.4 is 10.1 Å². The van der Waals surface area contributed by atoms with Gasteiger partial charge in [-0.3, -0.25) is 4.79 Å². The van der Waals surface area contributed by atoms with Crippen LogP contribution in [0.5, 0.6) is 5.75 Å². The molecule has 126 valence electrons. The zero-order valence-electron chi connectivity index (χ0n) is 13.2. The predicted octanol–water partition coefficient (Wildman–Crippen LogP) is 2.19. The molecule has 1 atom stereocenters. The highest BCUT2D eigenvalue weighted by molar-refractivity contribution is 5.85. The molecule has 6 heteroatoms. The number of benzene rings is 2. The Labute approximate surface area is 139 Å². The van der Waals surface area contributed by atoms with E-state index in [0.717, 1.165) is 0 Å². The molecule has 1 amide bonds. The van der Waals surface area contributed by atoms with Crippen LogP contribution in [0.4, 0.5) is 4.39 Å². The summed E-state index contributed by atoms with van der Waals surface area (Å²) in [5, 5.41) is 11.8. The maximum absolute atomic E-state index is 12.9. The van der Waals surface area contributed by atoms with E-state index < -0.39 is 23.7 Å². The van der Waals surface area contributed by atoms with Crippen molar-refractivity contribution < 1.29 is 23.8 Å². The zero-order chi connectivity index (χ0) is 17.5. The fraction of sp³-hybridized carbons (Fsp3) is 0.222. The molecule has 2 N–H and O–H groups in total. The van der Waals surface area contributed by atoms with E-state index in [2.05, 4.69) is 5.32 Å². The van der Waals surface area contributed by atoms with Crippen LogP contribution in [0.25, 0.3) is 0 Å². The van der Waals surface area contributed by atoms with Gasteiger partial charge in [0.2, 0.25) is 5.91 Å². The van der Waals surface area contributed by atoms with Gasteiger partial charge in [-0.1, -0.05) is 30.3 Å². The maximum atomic E-state index is 12.9. The quantitative estimate of drug-likeness (QED) is 0.815. The molecule has 0 radical (unpaired) electrons. The van der Waals surface area contributed by atoms with Crippen molar-refractivity contribution in [3.8, 4) is 5.75 Å². The van der Waals surface area contributed by atoms with Crippen LogP contribution in [0.1, 0.15) is 11.1 Å². The fourth-order valence-corrected chi connectivity index (χ4v) is 2.32. The Kier molecular flexibility index (Phi) is 5.89. The average Bonchev–Trinajstić information content (AvgIpc) is 2.56. The van der Waals surface area contributed by atoms with E-state index in [4.69, 9.17) is 4.74 Å². The summed E-state index contributed by atoms with van der Waals surface area (Å²) in [4.78, 5) is 23.5. The van der Waals surface area contributed by atoms with Gasteiger partial charge in [0.15, 0.2) is 0 Å². The molecule has 2 aromatic carbocycles. The third-order valence-corrected chi connectivity index (χ3v) is 3.53. The number of nitrogens with one attached hydrogen (secondary N) is 1. The number of hydrogen-bond donors (Lipinski definition) is 2. The van der Waals surface area contributed by atoms with Crippen LogP contribution in [-0.4, -0.2) is 30.1 Å². The van der Waals surface area contributed by atoms with E-state index in [0.29, 0.717) is 16.9 Å². The van der Waals surface area contributed by atoms with Crippen LogP contribution in [0.2, 0.25) is 0 Å². The highest BCUT2D eigenvalue weighted by Crippen LogP contribution is 2.19. The van der Waals surface area contributed by atoms with Crippen molar-refractivity contribution in [1.82, 2.24) is 5.32 Å². The molecule has 2 rings (SSSR count). The summed E-state index contributed by atoms with van der Waals surface area (Å²) >= 11 is 0. The number of amides is 1. The van der Waals surface area contributed by atoms with Crippen molar-refractivity contribution in [1.29, 1.82) is 0 Å². The van der Waals surface area contributed by atoms with E-state index in [-0.39, 0.29) is 12.8 Å². The summed E-state index contributed by atoms with van der Waals surface area (Å²) < 4.78 is 18.1. The molecule has 0 heterocycles. The van der Waals surface area contributed by atoms with Crippen molar-refractivity contribution in [2.75, 3.05) is 7.11 Å². The first-order chi connectivity index (χ1) is 11.5. The molecule has 0 saturated heterocycles. The molecule has 0 aliphatic heterocycles. The Morgan fingerprint density at radius 1 is 1.17 bits per heavy atom.